The molecular formula is C15H26N4O2. The molecular weight excluding hydrogens is 268 g/mol. The number of aliphatic hydroxyl groups excluding tert-OH is 1. The maximum atomic E-state index is 12.7. The quantitative estimate of drug-likeness (QED) is 0.830. The maximum Gasteiger partial charge on any atom is 0.293 e. The van der Waals surface area contributed by atoms with Crippen LogP contribution in [0.3, 0.4) is 0 Å². The van der Waals surface area contributed by atoms with Crippen LogP contribution in [0.1, 0.15) is 33.6 Å². The van der Waals surface area contributed by atoms with Gasteiger partial charge in [0.1, 0.15) is 0 Å². The lowest BCUT2D eigenvalue weighted by Crippen LogP contribution is -2.44. The van der Waals surface area contributed by atoms with Gasteiger partial charge in [0, 0.05) is 37.1 Å². The molecule has 2 rings (SSSR count). The number of hydrogen-bond donors (Lipinski definition) is 2. The lowest BCUT2D eigenvalue weighted by Gasteiger charge is -2.28. The second-order valence-electron chi connectivity index (χ2n) is 6.56. The summed E-state index contributed by atoms with van der Waals surface area (Å²) in [5, 5.41) is 12.7. The van der Waals surface area contributed by atoms with Gasteiger partial charge in [-0.1, -0.05) is 0 Å². The van der Waals surface area contributed by atoms with Crippen LogP contribution in [0.25, 0.3) is 0 Å². The average Bonchev–Trinajstić information content (AvgIpc) is 2.90. The van der Waals surface area contributed by atoms with Gasteiger partial charge in [-0.3, -0.25) is 4.79 Å². The van der Waals surface area contributed by atoms with Crippen LogP contribution in [0.4, 0.5) is 5.82 Å². The minimum Gasteiger partial charge on any atom is -0.395 e. The molecule has 118 valence electrons. The maximum absolute atomic E-state index is 12.7. The Bertz CT molecular complexity index is 515. The van der Waals surface area contributed by atoms with Crippen LogP contribution in [-0.2, 0) is 5.54 Å². The molecule has 0 aromatic carbocycles. The van der Waals surface area contributed by atoms with Crippen molar-refractivity contribution in [3.8, 4) is 0 Å². The van der Waals surface area contributed by atoms with E-state index in [2.05, 4.69) is 10.3 Å². The Balaban J connectivity index is 2.29. The summed E-state index contributed by atoms with van der Waals surface area (Å²) in [7, 11) is 0. The summed E-state index contributed by atoms with van der Waals surface area (Å²) >= 11 is 0. The summed E-state index contributed by atoms with van der Waals surface area (Å²) in [4.78, 5) is 18.8. The van der Waals surface area contributed by atoms with Crippen LogP contribution in [0.15, 0.2) is 17.2 Å². The Kier molecular flexibility index (Phi) is 5.00. The molecule has 2 N–H and O–H groups in total. The second kappa shape index (κ2) is 6.58. The highest BCUT2D eigenvalue weighted by Gasteiger charge is 2.23. The van der Waals surface area contributed by atoms with E-state index in [4.69, 9.17) is 0 Å². The van der Waals surface area contributed by atoms with Crippen LogP contribution in [0.5, 0.6) is 0 Å². The van der Waals surface area contributed by atoms with E-state index in [0.717, 1.165) is 19.4 Å². The van der Waals surface area contributed by atoms with Crippen LogP contribution in [-0.4, -0.2) is 46.9 Å². The Morgan fingerprint density at radius 3 is 2.86 bits per heavy atom. The molecule has 1 saturated heterocycles. The first-order valence-corrected chi connectivity index (χ1v) is 7.61. The predicted octanol–water partition coefficient (Wildman–Crippen LogP) is 0.549. The normalized spacial score (nSPS) is 19.0. The Morgan fingerprint density at radius 1 is 1.52 bits per heavy atom. The standard InChI is InChI=1S/C15H26N4O2/c1-15(2,3)19-8-7-17-13(14(19)21)18(9-10-20)11-12-5-4-6-16-12/h7-8,12,16,20H,4-6,9-11H2,1-3H3. The highest BCUT2D eigenvalue weighted by molar-refractivity contribution is 5.36. The summed E-state index contributed by atoms with van der Waals surface area (Å²) in [5.74, 6) is 0.426. The zero-order valence-electron chi connectivity index (χ0n) is 13.2. The van der Waals surface area contributed by atoms with Crippen LogP contribution < -0.4 is 15.8 Å². The van der Waals surface area contributed by atoms with E-state index in [9.17, 15) is 9.90 Å². The predicted molar refractivity (Wildman–Crippen MR) is 83.8 cm³/mol. The number of aromatic nitrogens is 2. The van der Waals surface area contributed by atoms with E-state index in [1.54, 1.807) is 17.0 Å². The molecule has 0 aliphatic carbocycles. The third-order valence-corrected chi connectivity index (χ3v) is 3.82. The Hall–Kier alpha value is -1.40. The van der Waals surface area contributed by atoms with E-state index < -0.39 is 0 Å². The number of anilines is 1. The fraction of sp³-hybridized carbons (Fsp3) is 0.733. The SMILES string of the molecule is CC(C)(C)n1ccnc(N(CCO)CC2CCCN2)c1=O. The van der Waals surface area contributed by atoms with Gasteiger partial charge in [0.2, 0.25) is 0 Å². The van der Waals surface area contributed by atoms with Crippen LogP contribution in [0, 0.1) is 0 Å². The molecule has 1 aromatic rings. The molecule has 1 fully saturated rings. The first-order valence-electron chi connectivity index (χ1n) is 7.61. The van der Waals surface area contributed by atoms with Gasteiger partial charge in [-0.15, -0.1) is 0 Å². The van der Waals surface area contributed by atoms with Gasteiger partial charge in [0.05, 0.1) is 6.61 Å². The van der Waals surface area contributed by atoms with Gasteiger partial charge in [0.25, 0.3) is 5.56 Å². The van der Waals surface area contributed by atoms with Crippen molar-refractivity contribution in [2.24, 2.45) is 0 Å². The van der Waals surface area contributed by atoms with E-state index >= 15 is 0 Å². The first kappa shape index (κ1) is 16.0. The molecule has 0 amide bonds. The average molecular weight is 294 g/mol. The van der Waals surface area contributed by atoms with E-state index in [0.29, 0.717) is 24.9 Å². The van der Waals surface area contributed by atoms with Gasteiger partial charge < -0.3 is 19.9 Å². The van der Waals surface area contributed by atoms with Gasteiger partial charge in [-0.05, 0) is 40.2 Å². The Morgan fingerprint density at radius 2 is 2.29 bits per heavy atom. The number of rotatable bonds is 5. The van der Waals surface area contributed by atoms with Gasteiger partial charge in [0.15, 0.2) is 5.82 Å². The van der Waals surface area contributed by atoms with Crippen LogP contribution >= 0.6 is 0 Å². The topological polar surface area (TPSA) is 70.4 Å². The molecule has 1 atom stereocenters. The monoisotopic (exact) mass is 294 g/mol. The molecule has 0 spiro atoms. The molecule has 0 bridgehead atoms. The minimum absolute atomic E-state index is 0.0122. The number of hydrogen-bond acceptors (Lipinski definition) is 5. The largest absolute Gasteiger partial charge is 0.395 e. The highest BCUT2D eigenvalue weighted by atomic mass is 16.3. The third-order valence-electron chi connectivity index (χ3n) is 3.82. The van der Waals surface area contributed by atoms with Crippen molar-refractivity contribution in [2.75, 3.05) is 31.1 Å². The summed E-state index contributed by atoms with van der Waals surface area (Å²) in [6, 6.07) is 0.362. The number of nitrogens with one attached hydrogen (secondary N) is 1. The smallest absolute Gasteiger partial charge is 0.293 e. The Labute approximate surface area is 125 Å². The molecule has 6 heteroatoms. The summed E-state index contributed by atoms with van der Waals surface area (Å²) in [5.41, 5.74) is -0.387. The fourth-order valence-corrected chi connectivity index (χ4v) is 2.73. The van der Waals surface area contributed by atoms with Crippen molar-refractivity contribution >= 4 is 5.82 Å². The molecule has 0 radical (unpaired) electrons. The lowest BCUT2D eigenvalue weighted by atomic mass is 10.1. The molecule has 1 unspecified atom stereocenters. The third kappa shape index (κ3) is 3.83. The number of nitrogens with zero attached hydrogens (tertiary/aromatic N) is 3. The summed E-state index contributed by atoms with van der Waals surface area (Å²) < 4.78 is 1.70. The zero-order chi connectivity index (χ0) is 15.5. The van der Waals surface area contributed by atoms with E-state index in [1.165, 1.54) is 0 Å². The highest BCUT2D eigenvalue weighted by Crippen LogP contribution is 2.14. The second-order valence-corrected chi connectivity index (χ2v) is 6.56. The fourth-order valence-electron chi connectivity index (χ4n) is 2.73. The molecule has 2 heterocycles. The van der Waals surface area contributed by atoms with E-state index in [1.807, 2.05) is 25.7 Å². The molecule has 0 saturated carbocycles. The van der Waals surface area contributed by atoms with Crippen molar-refractivity contribution in [3.05, 3.63) is 22.7 Å². The van der Waals surface area contributed by atoms with Gasteiger partial charge in [-0.2, -0.15) is 0 Å². The minimum atomic E-state index is -0.286. The first-order chi connectivity index (χ1) is 9.93. The van der Waals surface area contributed by atoms with Crippen LogP contribution in [0.2, 0.25) is 0 Å². The molecule has 6 nitrogen and oxygen atoms in total. The van der Waals surface area contributed by atoms with Crippen molar-refractivity contribution in [3.63, 3.8) is 0 Å². The van der Waals surface area contributed by atoms with Crippen molar-refractivity contribution in [1.29, 1.82) is 0 Å². The summed E-state index contributed by atoms with van der Waals surface area (Å²) in [6.07, 6.45) is 5.64. The van der Waals surface area contributed by atoms with Gasteiger partial charge in [-0.25, -0.2) is 4.98 Å². The lowest BCUT2D eigenvalue weighted by molar-refractivity contribution is 0.299. The van der Waals surface area contributed by atoms with Crippen molar-refractivity contribution in [1.82, 2.24) is 14.9 Å². The molecule has 1 aliphatic rings. The van der Waals surface area contributed by atoms with E-state index in [-0.39, 0.29) is 17.7 Å². The molecule has 1 aliphatic heterocycles. The zero-order valence-corrected chi connectivity index (χ0v) is 13.2. The number of aliphatic hydroxyl groups is 1. The van der Waals surface area contributed by atoms with Gasteiger partial charge >= 0.3 is 0 Å². The van der Waals surface area contributed by atoms with Crippen molar-refractivity contribution in [2.45, 2.75) is 45.2 Å². The summed E-state index contributed by atoms with van der Waals surface area (Å²) in [6.45, 7) is 8.14. The van der Waals surface area contributed by atoms with Crippen molar-refractivity contribution < 1.29 is 5.11 Å². The molecule has 21 heavy (non-hydrogen) atoms. The molecule has 1 aromatic heterocycles.